The van der Waals surface area contributed by atoms with Crippen molar-refractivity contribution in [3.63, 3.8) is 0 Å². The van der Waals surface area contributed by atoms with Crippen LogP contribution in [0.4, 0.5) is 18.9 Å². The number of hydrogen-bond acceptors (Lipinski definition) is 3. The third kappa shape index (κ3) is 5.18. The molecule has 150 valence electrons. The van der Waals surface area contributed by atoms with Crippen LogP contribution < -0.4 is 4.90 Å². The van der Waals surface area contributed by atoms with Crippen molar-refractivity contribution in [2.45, 2.75) is 6.18 Å². The van der Waals surface area contributed by atoms with Crippen molar-refractivity contribution < 1.29 is 18.0 Å². The molecule has 3 rings (SSSR count). The van der Waals surface area contributed by atoms with E-state index < -0.39 is 11.7 Å². The fourth-order valence-corrected chi connectivity index (χ4v) is 3.43. The smallest absolute Gasteiger partial charge is 0.367 e. The van der Waals surface area contributed by atoms with Gasteiger partial charge < -0.3 is 9.80 Å². The van der Waals surface area contributed by atoms with Gasteiger partial charge in [0, 0.05) is 36.7 Å². The van der Waals surface area contributed by atoms with Crippen molar-refractivity contribution in [1.29, 1.82) is 5.26 Å². The van der Waals surface area contributed by atoms with Crippen LogP contribution in [0.1, 0.15) is 16.7 Å². The largest absolute Gasteiger partial charge is 0.416 e. The number of rotatable bonds is 3. The van der Waals surface area contributed by atoms with Crippen LogP contribution in [-0.4, -0.2) is 37.0 Å². The van der Waals surface area contributed by atoms with E-state index in [1.165, 1.54) is 24.3 Å². The summed E-state index contributed by atoms with van der Waals surface area (Å²) in [5.41, 5.74) is 1.21. The van der Waals surface area contributed by atoms with E-state index in [9.17, 15) is 23.2 Å². The second kappa shape index (κ2) is 8.70. The number of hydrogen-bond donors (Lipinski definition) is 0. The molecule has 2 aromatic carbocycles. The minimum absolute atomic E-state index is 0.195. The number of alkyl halides is 3. The molecular weight excluding hydrogens is 447 g/mol. The Balaban J connectivity index is 1.60. The zero-order valence-corrected chi connectivity index (χ0v) is 16.9. The van der Waals surface area contributed by atoms with Gasteiger partial charge in [0.2, 0.25) is 5.91 Å². The van der Waals surface area contributed by atoms with E-state index in [1.54, 1.807) is 11.0 Å². The normalized spacial score (nSPS) is 14.9. The highest BCUT2D eigenvalue weighted by molar-refractivity contribution is 9.10. The Morgan fingerprint density at radius 2 is 1.72 bits per heavy atom. The van der Waals surface area contributed by atoms with Gasteiger partial charge in [0.05, 0.1) is 16.8 Å². The number of anilines is 1. The molecule has 0 bridgehead atoms. The monoisotopic (exact) mass is 463 g/mol. The van der Waals surface area contributed by atoms with E-state index in [2.05, 4.69) is 26.9 Å². The molecule has 0 aromatic heterocycles. The molecule has 1 aliphatic rings. The molecule has 4 nitrogen and oxygen atoms in total. The highest BCUT2D eigenvalue weighted by atomic mass is 79.9. The molecule has 1 heterocycles. The molecule has 0 atom stereocenters. The zero-order valence-electron chi connectivity index (χ0n) is 15.3. The summed E-state index contributed by atoms with van der Waals surface area (Å²) in [6.07, 6.45) is -1.49. The standard InChI is InChI=1S/C21H17BrF3N3O/c22-18-7-4-16(14-26)19(13-18)27-9-11-28(12-10-27)20(29)8-3-15-1-5-17(6-2-15)21(23,24)25/h1-8,13H,9-12H2. The van der Waals surface area contributed by atoms with E-state index in [4.69, 9.17) is 0 Å². The lowest BCUT2D eigenvalue weighted by atomic mass is 10.1. The summed E-state index contributed by atoms with van der Waals surface area (Å²) in [4.78, 5) is 16.1. The molecule has 0 radical (unpaired) electrons. The van der Waals surface area contributed by atoms with E-state index in [0.29, 0.717) is 37.3 Å². The van der Waals surface area contributed by atoms with Gasteiger partial charge in [-0.3, -0.25) is 4.79 Å². The molecule has 0 saturated carbocycles. The number of benzene rings is 2. The van der Waals surface area contributed by atoms with Gasteiger partial charge in [0.25, 0.3) is 0 Å². The Hall–Kier alpha value is -2.79. The van der Waals surface area contributed by atoms with Crippen LogP contribution >= 0.6 is 15.9 Å². The molecule has 1 fully saturated rings. The predicted molar refractivity (Wildman–Crippen MR) is 108 cm³/mol. The topological polar surface area (TPSA) is 47.3 Å². The lowest BCUT2D eigenvalue weighted by Gasteiger charge is -2.36. The minimum atomic E-state index is -4.38. The van der Waals surface area contributed by atoms with Gasteiger partial charge in [-0.2, -0.15) is 18.4 Å². The summed E-state index contributed by atoms with van der Waals surface area (Å²) in [7, 11) is 0. The number of amides is 1. The maximum atomic E-state index is 12.6. The second-order valence-electron chi connectivity index (χ2n) is 6.54. The lowest BCUT2D eigenvalue weighted by molar-refractivity contribution is -0.137. The van der Waals surface area contributed by atoms with E-state index in [1.807, 2.05) is 12.1 Å². The zero-order chi connectivity index (χ0) is 21.0. The fourth-order valence-electron chi connectivity index (χ4n) is 3.08. The fraction of sp³-hybridized carbons (Fsp3) is 0.238. The van der Waals surface area contributed by atoms with Crippen molar-refractivity contribution in [2.75, 3.05) is 31.1 Å². The Morgan fingerprint density at radius 1 is 1.07 bits per heavy atom. The van der Waals surface area contributed by atoms with Crippen molar-refractivity contribution in [1.82, 2.24) is 4.90 Å². The van der Waals surface area contributed by atoms with Crippen molar-refractivity contribution in [3.8, 4) is 6.07 Å². The third-order valence-electron chi connectivity index (χ3n) is 4.67. The number of nitriles is 1. The van der Waals surface area contributed by atoms with E-state index in [0.717, 1.165) is 22.3 Å². The van der Waals surface area contributed by atoms with E-state index >= 15 is 0 Å². The first-order chi connectivity index (χ1) is 13.8. The Bertz CT molecular complexity index is 957. The molecule has 0 N–H and O–H groups in total. The van der Waals surface area contributed by atoms with Crippen LogP contribution in [0.25, 0.3) is 6.08 Å². The molecule has 1 aliphatic heterocycles. The average molecular weight is 464 g/mol. The second-order valence-corrected chi connectivity index (χ2v) is 7.45. The van der Waals surface area contributed by atoms with Crippen LogP contribution in [0.5, 0.6) is 0 Å². The number of nitrogens with zero attached hydrogens (tertiary/aromatic N) is 3. The van der Waals surface area contributed by atoms with Crippen molar-refractivity contribution in [3.05, 3.63) is 69.7 Å². The maximum Gasteiger partial charge on any atom is 0.416 e. The SMILES string of the molecule is N#Cc1ccc(Br)cc1N1CCN(C(=O)C=Cc2ccc(C(F)(F)F)cc2)CC1. The Kier molecular flexibility index (Phi) is 6.28. The predicted octanol–water partition coefficient (Wildman–Crippen LogP) is 4.70. The molecule has 0 aliphatic carbocycles. The first kappa shape index (κ1) is 20.9. The molecule has 1 amide bonds. The van der Waals surface area contributed by atoms with Crippen molar-refractivity contribution in [2.24, 2.45) is 0 Å². The lowest BCUT2D eigenvalue weighted by Crippen LogP contribution is -2.48. The molecule has 29 heavy (non-hydrogen) atoms. The summed E-state index contributed by atoms with van der Waals surface area (Å²) < 4.78 is 38.7. The number of piperazine rings is 1. The van der Waals surface area contributed by atoms with Gasteiger partial charge in [-0.25, -0.2) is 0 Å². The average Bonchev–Trinajstić information content (AvgIpc) is 2.71. The summed E-state index contributed by atoms with van der Waals surface area (Å²) in [5, 5.41) is 9.29. The number of halogens is 4. The quantitative estimate of drug-likeness (QED) is 0.619. The molecule has 8 heteroatoms. The van der Waals surface area contributed by atoms with Gasteiger partial charge >= 0.3 is 6.18 Å². The molecular formula is C21H17BrF3N3O. The van der Waals surface area contributed by atoms with Crippen LogP contribution in [0.3, 0.4) is 0 Å². The van der Waals surface area contributed by atoms with Gasteiger partial charge in [-0.05, 0) is 42.0 Å². The van der Waals surface area contributed by atoms with Crippen LogP contribution in [-0.2, 0) is 11.0 Å². The highest BCUT2D eigenvalue weighted by Gasteiger charge is 2.29. The van der Waals surface area contributed by atoms with Crippen LogP contribution in [0.15, 0.2) is 53.0 Å². The maximum absolute atomic E-state index is 12.6. The van der Waals surface area contributed by atoms with Crippen LogP contribution in [0, 0.1) is 11.3 Å². The summed E-state index contributed by atoms with van der Waals surface area (Å²) >= 11 is 3.41. The van der Waals surface area contributed by atoms with Gasteiger partial charge in [-0.15, -0.1) is 0 Å². The van der Waals surface area contributed by atoms with Gasteiger partial charge in [0.1, 0.15) is 6.07 Å². The van der Waals surface area contributed by atoms with Crippen LogP contribution in [0.2, 0.25) is 0 Å². The molecule has 0 spiro atoms. The number of carbonyl (C=O) groups excluding carboxylic acids is 1. The number of carbonyl (C=O) groups is 1. The van der Waals surface area contributed by atoms with Crippen molar-refractivity contribution >= 4 is 33.6 Å². The summed E-state index contributed by atoms with van der Waals surface area (Å²) in [5.74, 6) is -0.195. The molecule has 0 unspecified atom stereocenters. The van der Waals surface area contributed by atoms with Gasteiger partial charge in [-0.1, -0.05) is 28.1 Å². The minimum Gasteiger partial charge on any atom is -0.367 e. The Labute approximate surface area is 175 Å². The molecule has 2 aromatic rings. The summed E-state index contributed by atoms with van der Waals surface area (Å²) in [6, 6.07) is 12.3. The third-order valence-corrected chi connectivity index (χ3v) is 5.16. The first-order valence-electron chi connectivity index (χ1n) is 8.87. The highest BCUT2D eigenvalue weighted by Crippen LogP contribution is 2.29. The first-order valence-corrected chi connectivity index (χ1v) is 9.66. The Morgan fingerprint density at radius 3 is 2.31 bits per heavy atom. The molecule has 1 saturated heterocycles. The van der Waals surface area contributed by atoms with E-state index in [-0.39, 0.29) is 5.91 Å². The summed E-state index contributed by atoms with van der Waals surface area (Å²) in [6.45, 7) is 2.16. The van der Waals surface area contributed by atoms with Gasteiger partial charge in [0.15, 0.2) is 0 Å².